The lowest BCUT2D eigenvalue weighted by molar-refractivity contribution is -0.525. The van der Waals surface area contributed by atoms with Gasteiger partial charge in [-0.25, -0.2) is 0 Å². The third-order valence-corrected chi connectivity index (χ3v) is 2.03. The van der Waals surface area contributed by atoms with Crippen LogP contribution >= 0.6 is 0 Å². The van der Waals surface area contributed by atoms with Crippen molar-refractivity contribution in [1.29, 1.82) is 0 Å². The first-order valence-corrected chi connectivity index (χ1v) is 4.22. The van der Waals surface area contributed by atoms with E-state index in [-0.39, 0.29) is 6.42 Å². The van der Waals surface area contributed by atoms with Crippen LogP contribution in [0.1, 0.15) is 13.3 Å². The number of hydrogen-bond donors (Lipinski definition) is 0. The summed E-state index contributed by atoms with van der Waals surface area (Å²) >= 11 is 0. The molecule has 0 N–H and O–H groups in total. The van der Waals surface area contributed by atoms with Crippen molar-refractivity contribution in [2.45, 2.75) is 19.4 Å². The van der Waals surface area contributed by atoms with Gasteiger partial charge in [0.25, 0.3) is 0 Å². The largest absolute Gasteiger partial charge is 0.469 e. The van der Waals surface area contributed by atoms with Crippen LogP contribution in [0.3, 0.4) is 0 Å². The quantitative estimate of drug-likeness (QED) is 0.367. The van der Waals surface area contributed by atoms with Crippen LogP contribution in [0.15, 0.2) is 0 Å². The molecule has 0 aliphatic carbocycles. The van der Waals surface area contributed by atoms with Gasteiger partial charge in [-0.15, -0.1) is 0 Å². The number of methoxy groups -OCH3 is 2. The first-order chi connectivity index (χ1) is 6.93. The molecule has 0 aromatic carbocycles. The molecule has 0 aliphatic rings. The van der Waals surface area contributed by atoms with E-state index in [1.807, 2.05) is 0 Å². The van der Waals surface area contributed by atoms with E-state index in [1.165, 1.54) is 6.92 Å². The lowest BCUT2D eigenvalue weighted by Gasteiger charge is -2.14. The van der Waals surface area contributed by atoms with Crippen molar-refractivity contribution in [3.8, 4) is 0 Å². The maximum atomic E-state index is 11.2. The van der Waals surface area contributed by atoms with Gasteiger partial charge in [0.05, 0.1) is 20.6 Å². The van der Waals surface area contributed by atoms with Crippen molar-refractivity contribution in [1.82, 2.24) is 0 Å². The standard InChI is InChI=1S/C8H13NO6/c1-5(9(12)13)6(8(11)15-3)4-7(10)14-2/h5-6H,4H2,1-3H3/t5-,6-/m0/s1. The molecule has 86 valence electrons. The fraction of sp³-hybridized carbons (Fsp3) is 0.750. The fourth-order valence-electron chi connectivity index (χ4n) is 1.01. The first-order valence-electron chi connectivity index (χ1n) is 4.22. The van der Waals surface area contributed by atoms with Gasteiger partial charge in [-0.2, -0.15) is 0 Å². The van der Waals surface area contributed by atoms with Crippen LogP contribution in [0.2, 0.25) is 0 Å². The number of nitro groups is 1. The van der Waals surface area contributed by atoms with E-state index in [9.17, 15) is 19.7 Å². The number of rotatable bonds is 5. The average molecular weight is 219 g/mol. The van der Waals surface area contributed by atoms with E-state index in [1.54, 1.807) is 0 Å². The van der Waals surface area contributed by atoms with Gasteiger partial charge in [-0.3, -0.25) is 19.7 Å². The third kappa shape index (κ3) is 3.92. The maximum Gasteiger partial charge on any atom is 0.316 e. The summed E-state index contributed by atoms with van der Waals surface area (Å²) in [5.74, 6) is -2.58. The molecule has 7 heteroatoms. The molecule has 2 atom stereocenters. The zero-order chi connectivity index (χ0) is 12.0. The first kappa shape index (κ1) is 13.3. The molecule has 15 heavy (non-hydrogen) atoms. The molecule has 0 aliphatic heterocycles. The van der Waals surface area contributed by atoms with Crippen LogP contribution in [-0.2, 0) is 19.1 Å². The Balaban J connectivity index is 4.65. The predicted molar refractivity (Wildman–Crippen MR) is 48.6 cm³/mol. The van der Waals surface area contributed by atoms with Gasteiger partial charge >= 0.3 is 11.9 Å². The van der Waals surface area contributed by atoms with Crippen LogP contribution in [0.25, 0.3) is 0 Å². The highest BCUT2D eigenvalue weighted by Gasteiger charge is 2.36. The van der Waals surface area contributed by atoms with E-state index in [0.29, 0.717) is 0 Å². The van der Waals surface area contributed by atoms with Crippen molar-refractivity contribution in [3.05, 3.63) is 10.1 Å². The Morgan fingerprint density at radius 2 is 1.87 bits per heavy atom. The molecule has 0 amide bonds. The molecule has 0 heterocycles. The van der Waals surface area contributed by atoms with Crippen molar-refractivity contribution in [2.75, 3.05) is 14.2 Å². The van der Waals surface area contributed by atoms with Crippen molar-refractivity contribution >= 4 is 11.9 Å². The van der Waals surface area contributed by atoms with E-state index < -0.39 is 28.8 Å². The second kappa shape index (κ2) is 5.94. The molecular weight excluding hydrogens is 206 g/mol. The minimum atomic E-state index is -1.18. The van der Waals surface area contributed by atoms with Crippen molar-refractivity contribution in [2.24, 2.45) is 5.92 Å². The molecular formula is C8H13NO6. The van der Waals surface area contributed by atoms with Crippen LogP contribution in [0.5, 0.6) is 0 Å². The number of hydrogen-bond acceptors (Lipinski definition) is 6. The highest BCUT2D eigenvalue weighted by molar-refractivity contribution is 5.80. The van der Waals surface area contributed by atoms with Crippen LogP contribution in [0.4, 0.5) is 0 Å². The zero-order valence-electron chi connectivity index (χ0n) is 8.76. The Hall–Kier alpha value is -1.66. The van der Waals surface area contributed by atoms with Crippen LogP contribution in [0, 0.1) is 16.0 Å². The van der Waals surface area contributed by atoms with Crippen molar-refractivity contribution < 1.29 is 24.0 Å². The van der Waals surface area contributed by atoms with E-state index >= 15 is 0 Å². The summed E-state index contributed by atoms with van der Waals surface area (Å²) in [5, 5.41) is 10.5. The predicted octanol–water partition coefficient (Wildman–Crippen LogP) is 0.00390. The second-order valence-corrected chi connectivity index (χ2v) is 2.94. The normalized spacial score (nSPS) is 13.8. The van der Waals surface area contributed by atoms with Gasteiger partial charge in [0.15, 0.2) is 0 Å². The van der Waals surface area contributed by atoms with Crippen LogP contribution in [-0.4, -0.2) is 37.1 Å². The highest BCUT2D eigenvalue weighted by Crippen LogP contribution is 2.14. The number of ether oxygens (including phenoxy) is 2. The van der Waals surface area contributed by atoms with Gasteiger partial charge in [0.1, 0.15) is 5.92 Å². The number of nitrogens with zero attached hydrogens (tertiary/aromatic N) is 1. The maximum absolute atomic E-state index is 11.2. The molecule has 0 spiro atoms. The summed E-state index contributed by atoms with van der Waals surface area (Å²) in [7, 11) is 2.26. The molecule has 0 saturated heterocycles. The number of esters is 2. The Morgan fingerprint density at radius 1 is 1.33 bits per heavy atom. The Morgan fingerprint density at radius 3 is 2.20 bits per heavy atom. The van der Waals surface area contributed by atoms with Gasteiger partial charge < -0.3 is 9.47 Å². The SMILES string of the molecule is COC(=O)C[C@H](C(=O)OC)[C@H](C)[N+](=O)[O-]. The summed E-state index contributed by atoms with van der Waals surface area (Å²) in [5.41, 5.74) is 0. The molecule has 0 aromatic heterocycles. The van der Waals surface area contributed by atoms with E-state index in [0.717, 1.165) is 14.2 Å². The molecule has 0 bridgehead atoms. The van der Waals surface area contributed by atoms with Gasteiger partial charge in [0.2, 0.25) is 6.04 Å². The molecule has 0 radical (unpaired) electrons. The van der Waals surface area contributed by atoms with Gasteiger partial charge in [-0.05, 0) is 0 Å². The minimum Gasteiger partial charge on any atom is -0.469 e. The van der Waals surface area contributed by atoms with Gasteiger partial charge in [-0.1, -0.05) is 0 Å². The smallest absolute Gasteiger partial charge is 0.316 e. The van der Waals surface area contributed by atoms with E-state index in [2.05, 4.69) is 9.47 Å². The molecule has 0 fully saturated rings. The molecule has 0 rings (SSSR count). The van der Waals surface area contributed by atoms with Crippen LogP contribution < -0.4 is 0 Å². The molecule has 0 aromatic rings. The molecule has 0 saturated carbocycles. The Kier molecular flexibility index (Phi) is 5.29. The third-order valence-electron chi connectivity index (χ3n) is 2.03. The van der Waals surface area contributed by atoms with Gasteiger partial charge in [0, 0.05) is 11.8 Å². The topological polar surface area (TPSA) is 95.7 Å². The zero-order valence-corrected chi connectivity index (χ0v) is 8.76. The summed E-state index contributed by atoms with van der Waals surface area (Å²) in [6.45, 7) is 1.24. The highest BCUT2D eigenvalue weighted by atomic mass is 16.6. The number of carbonyl (C=O) groups excluding carboxylic acids is 2. The Bertz CT molecular complexity index is 264. The summed E-state index contributed by atoms with van der Waals surface area (Å²) in [4.78, 5) is 31.9. The summed E-state index contributed by atoms with van der Waals surface area (Å²) in [6.07, 6.45) is -0.356. The minimum absolute atomic E-state index is 0.356. The lowest BCUT2D eigenvalue weighted by atomic mass is 9.98. The monoisotopic (exact) mass is 219 g/mol. The molecule has 7 nitrogen and oxygen atoms in total. The summed E-state index contributed by atoms with van der Waals surface area (Å²) < 4.78 is 8.71. The number of carbonyl (C=O) groups is 2. The fourth-order valence-corrected chi connectivity index (χ4v) is 1.01. The Labute approximate surface area is 86.5 Å². The summed E-state index contributed by atoms with van der Waals surface area (Å²) in [6, 6.07) is -1.18. The second-order valence-electron chi connectivity index (χ2n) is 2.94. The molecule has 0 unspecified atom stereocenters. The van der Waals surface area contributed by atoms with E-state index in [4.69, 9.17) is 0 Å². The lowest BCUT2D eigenvalue weighted by Crippen LogP contribution is -2.35. The van der Waals surface area contributed by atoms with Crippen molar-refractivity contribution in [3.63, 3.8) is 0 Å². The average Bonchev–Trinajstić information content (AvgIpc) is 2.23.